The van der Waals surface area contributed by atoms with Crippen LogP contribution in [0.15, 0.2) is 54.1 Å². The first kappa shape index (κ1) is 22.8. The first-order chi connectivity index (χ1) is 15.5. The average molecular weight is 431 g/mol. The summed E-state index contributed by atoms with van der Waals surface area (Å²) in [6.07, 6.45) is 1.56. The van der Waals surface area contributed by atoms with Gasteiger partial charge in [-0.3, -0.25) is 9.59 Å². The minimum atomic E-state index is -0.593. The van der Waals surface area contributed by atoms with Crippen LogP contribution < -0.4 is 10.6 Å². The molecule has 0 aliphatic carbocycles. The van der Waals surface area contributed by atoms with Gasteiger partial charge in [-0.1, -0.05) is 36.4 Å². The smallest absolute Gasteiger partial charge is 0.262 e. The summed E-state index contributed by atoms with van der Waals surface area (Å²) >= 11 is 0. The third-order valence-electron chi connectivity index (χ3n) is 5.18. The number of hydrogen-bond acceptors (Lipinski definition) is 4. The zero-order chi connectivity index (χ0) is 23.1. The van der Waals surface area contributed by atoms with Crippen molar-refractivity contribution in [1.29, 1.82) is 5.26 Å². The number of benzene rings is 2. The number of rotatable bonds is 8. The molecule has 0 spiro atoms. The number of ether oxygens (including phenoxy) is 1. The van der Waals surface area contributed by atoms with Crippen molar-refractivity contribution in [2.45, 2.75) is 13.8 Å². The highest BCUT2D eigenvalue weighted by Crippen LogP contribution is 2.28. The molecule has 0 bridgehead atoms. The van der Waals surface area contributed by atoms with E-state index in [9.17, 15) is 14.9 Å². The molecule has 0 aliphatic rings. The van der Waals surface area contributed by atoms with Crippen molar-refractivity contribution in [1.82, 2.24) is 15.2 Å². The lowest BCUT2D eigenvalue weighted by Gasteiger charge is -2.13. The zero-order valence-corrected chi connectivity index (χ0v) is 18.4. The molecule has 32 heavy (non-hydrogen) atoms. The third-order valence-corrected chi connectivity index (χ3v) is 5.18. The number of carbonyl (C=O) groups excluding carboxylic acids is 2. The van der Waals surface area contributed by atoms with Crippen molar-refractivity contribution >= 4 is 28.7 Å². The van der Waals surface area contributed by atoms with Crippen molar-refractivity contribution in [3.05, 3.63) is 71.1 Å². The molecule has 0 radical (unpaired) electrons. The predicted molar refractivity (Wildman–Crippen MR) is 124 cm³/mol. The van der Waals surface area contributed by atoms with Crippen LogP contribution in [0, 0.1) is 25.2 Å². The summed E-state index contributed by atoms with van der Waals surface area (Å²) in [5, 5.41) is 16.9. The van der Waals surface area contributed by atoms with Gasteiger partial charge in [0.25, 0.3) is 5.91 Å². The molecule has 0 saturated heterocycles. The van der Waals surface area contributed by atoms with E-state index in [1.54, 1.807) is 6.08 Å². The molecule has 3 rings (SSSR count). The monoisotopic (exact) mass is 430 g/mol. The van der Waals surface area contributed by atoms with E-state index in [0.717, 1.165) is 33.4 Å². The summed E-state index contributed by atoms with van der Waals surface area (Å²) in [6.45, 7) is 4.47. The lowest BCUT2D eigenvalue weighted by Crippen LogP contribution is -2.38. The molecule has 1 heterocycles. The Hall–Kier alpha value is -3.89. The van der Waals surface area contributed by atoms with E-state index >= 15 is 0 Å². The largest absolute Gasteiger partial charge is 0.383 e. The summed E-state index contributed by atoms with van der Waals surface area (Å²) in [5.41, 5.74) is 3.64. The number of nitriles is 1. The number of hydrogen-bond donors (Lipinski definition) is 2. The van der Waals surface area contributed by atoms with Gasteiger partial charge in [0.15, 0.2) is 0 Å². The SMILES string of the molecule is COCCNC(=O)CNC(=O)/C(C#N)=C/c1cc(C)n(-c2cccc3ccccc23)c1C. The number of aromatic nitrogens is 1. The van der Waals surface area contributed by atoms with E-state index in [2.05, 4.69) is 39.5 Å². The maximum atomic E-state index is 12.4. The fourth-order valence-electron chi connectivity index (χ4n) is 3.62. The molecular formula is C25H26N4O3. The van der Waals surface area contributed by atoms with Crippen LogP contribution >= 0.6 is 0 Å². The Labute approximate surface area is 187 Å². The number of carbonyl (C=O) groups is 2. The predicted octanol–water partition coefficient (Wildman–Crippen LogP) is 3.03. The number of nitrogens with one attached hydrogen (secondary N) is 2. The van der Waals surface area contributed by atoms with E-state index in [-0.39, 0.29) is 18.0 Å². The fourth-order valence-corrected chi connectivity index (χ4v) is 3.62. The van der Waals surface area contributed by atoms with E-state index < -0.39 is 5.91 Å². The molecule has 0 fully saturated rings. The van der Waals surface area contributed by atoms with E-state index in [4.69, 9.17) is 4.74 Å². The first-order valence-corrected chi connectivity index (χ1v) is 10.3. The Morgan fingerprint density at radius 2 is 1.88 bits per heavy atom. The minimum absolute atomic E-state index is 0.0622. The molecule has 0 aliphatic heterocycles. The van der Waals surface area contributed by atoms with Crippen molar-refractivity contribution in [3.8, 4) is 11.8 Å². The van der Waals surface area contributed by atoms with Crippen molar-refractivity contribution in [3.63, 3.8) is 0 Å². The molecule has 7 heteroatoms. The lowest BCUT2D eigenvalue weighted by atomic mass is 10.1. The van der Waals surface area contributed by atoms with Gasteiger partial charge in [-0.05, 0) is 43.0 Å². The van der Waals surface area contributed by atoms with E-state index in [0.29, 0.717) is 13.2 Å². The molecule has 1 aromatic heterocycles. The van der Waals surface area contributed by atoms with Crippen LogP contribution in [-0.4, -0.2) is 43.2 Å². The van der Waals surface area contributed by atoms with Crippen molar-refractivity contribution < 1.29 is 14.3 Å². The normalized spacial score (nSPS) is 11.2. The van der Waals surface area contributed by atoms with Crippen LogP contribution in [-0.2, 0) is 14.3 Å². The van der Waals surface area contributed by atoms with Gasteiger partial charge < -0.3 is 19.9 Å². The van der Waals surface area contributed by atoms with Crippen LogP contribution in [0.25, 0.3) is 22.5 Å². The number of amides is 2. The Bertz CT molecular complexity index is 1210. The number of methoxy groups -OCH3 is 1. The number of nitrogens with zero attached hydrogens (tertiary/aromatic N) is 2. The van der Waals surface area contributed by atoms with Gasteiger partial charge in [-0.15, -0.1) is 0 Å². The van der Waals surface area contributed by atoms with Crippen molar-refractivity contribution in [2.24, 2.45) is 0 Å². The average Bonchev–Trinajstić information content (AvgIpc) is 3.08. The third kappa shape index (κ3) is 5.05. The molecule has 164 valence electrons. The van der Waals surface area contributed by atoms with Gasteiger partial charge in [0.05, 0.1) is 18.8 Å². The summed E-state index contributed by atoms with van der Waals surface area (Å²) in [7, 11) is 1.54. The number of fused-ring (bicyclic) bond motifs is 1. The maximum Gasteiger partial charge on any atom is 0.262 e. The molecule has 7 nitrogen and oxygen atoms in total. The quantitative estimate of drug-likeness (QED) is 0.326. The summed E-state index contributed by atoms with van der Waals surface area (Å²) < 4.78 is 6.98. The van der Waals surface area contributed by atoms with E-state index in [1.165, 1.54) is 7.11 Å². The fraction of sp³-hybridized carbons (Fsp3) is 0.240. The maximum absolute atomic E-state index is 12.4. The molecule has 3 aromatic rings. The van der Waals surface area contributed by atoms with Gasteiger partial charge >= 0.3 is 0 Å². The molecule has 0 unspecified atom stereocenters. The van der Waals surface area contributed by atoms with Crippen LogP contribution in [0.2, 0.25) is 0 Å². The molecule has 2 aromatic carbocycles. The Morgan fingerprint density at radius 1 is 1.12 bits per heavy atom. The van der Waals surface area contributed by atoms with Crippen LogP contribution in [0.1, 0.15) is 17.0 Å². The van der Waals surface area contributed by atoms with Gasteiger partial charge in [0.1, 0.15) is 11.6 Å². The molecule has 2 amide bonds. The Kier molecular flexibility index (Phi) is 7.42. The van der Waals surface area contributed by atoms with Gasteiger partial charge in [-0.2, -0.15) is 5.26 Å². The summed E-state index contributed by atoms with van der Waals surface area (Å²) in [5.74, 6) is -0.939. The van der Waals surface area contributed by atoms with Crippen LogP contribution in [0.5, 0.6) is 0 Å². The second kappa shape index (κ2) is 10.4. The highest BCUT2D eigenvalue weighted by molar-refractivity contribution is 6.03. The molecular weight excluding hydrogens is 404 g/mol. The Balaban J connectivity index is 1.84. The summed E-state index contributed by atoms with van der Waals surface area (Å²) in [4.78, 5) is 24.2. The molecule has 0 saturated carbocycles. The van der Waals surface area contributed by atoms with Gasteiger partial charge in [0, 0.05) is 30.4 Å². The lowest BCUT2D eigenvalue weighted by molar-refractivity contribution is -0.124. The highest BCUT2D eigenvalue weighted by atomic mass is 16.5. The molecule has 0 atom stereocenters. The topological polar surface area (TPSA) is 96.2 Å². The van der Waals surface area contributed by atoms with Crippen molar-refractivity contribution in [2.75, 3.05) is 26.8 Å². The first-order valence-electron chi connectivity index (χ1n) is 10.3. The van der Waals surface area contributed by atoms with Gasteiger partial charge in [0.2, 0.25) is 5.91 Å². The second-order valence-corrected chi connectivity index (χ2v) is 7.36. The number of aryl methyl sites for hydroxylation is 1. The van der Waals surface area contributed by atoms with E-state index in [1.807, 2.05) is 44.2 Å². The zero-order valence-electron chi connectivity index (χ0n) is 18.4. The standard InChI is InChI=1S/C25H26N4O3/c1-17-13-20(14-21(15-26)25(31)28-16-24(30)27-11-12-32-3)18(2)29(17)23-10-6-8-19-7-4-5-9-22(19)23/h4-10,13-14H,11-12,16H2,1-3H3,(H,27,30)(H,28,31)/b21-14+. The summed E-state index contributed by atoms with van der Waals surface area (Å²) in [6, 6.07) is 18.2. The van der Waals surface area contributed by atoms with Gasteiger partial charge in [-0.25, -0.2) is 0 Å². The van der Waals surface area contributed by atoms with Crippen LogP contribution in [0.4, 0.5) is 0 Å². The minimum Gasteiger partial charge on any atom is -0.383 e. The Morgan fingerprint density at radius 3 is 2.62 bits per heavy atom. The second-order valence-electron chi connectivity index (χ2n) is 7.36. The molecule has 2 N–H and O–H groups in total. The van der Waals surface area contributed by atoms with Crippen LogP contribution in [0.3, 0.4) is 0 Å². The highest BCUT2D eigenvalue weighted by Gasteiger charge is 2.15.